The Hall–Kier alpha value is -1.91. The van der Waals surface area contributed by atoms with Gasteiger partial charge in [-0.15, -0.1) is 0 Å². The van der Waals surface area contributed by atoms with Crippen LogP contribution in [0.2, 0.25) is 0 Å². The summed E-state index contributed by atoms with van der Waals surface area (Å²) in [6.45, 7) is 9.93. The van der Waals surface area contributed by atoms with E-state index in [9.17, 15) is 4.79 Å². The first-order valence-electron chi connectivity index (χ1n) is 10.5. The van der Waals surface area contributed by atoms with Crippen molar-refractivity contribution >= 4 is 11.7 Å². The maximum Gasteiger partial charge on any atom is 0.332 e. The van der Waals surface area contributed by atoms with E-state index in [4.69, 9.17) is 38.9 Å². The Morgan fingerprint density at radius 3 is 1.58 bits per heavy atom. The summed E-state index contributed by atoms with van der Waals surface area (Å²) in [7, 11) is 0. The van der Waals surface area contributed by atoms with E-state index in [-0.39, 0.29) is 12.6 Å². The lowest BCUT2D eigenvalue weighted by molar-refractivity contribution is -0.160. The van der Waals surface area contributed by atoms with Gasteiger partial charge in [0.05, 0.1) is 59.5 Å². The Morgan fingerprint density at radius 1 is 0.710 bits per heavy atom. The molecule has 0 unspecified atom stereocenters. The van der Waals surface area contributed by atoms with E-state index in [1.807, 2.05) is 32.9 Å². The van der Waals surface area contributed by atoms with Gasteiger partial charge in [-0.1, -0.05) is 0 Å². The van der Waals surface area contributed by atoms with E-state index < -0.39 is 5.60 Å². The van der Waals surface area contributed by atoms with Crippen LogP contribution in [0.15, 0.2) is 24.3 Å². The molecule has 1 aromatic carbocycles. The molecule has 0 spiro atoms. The molecule has 0 saturated heterocycles. The maximum absolute atomic E-state index is 11.4. The predicted octanol–water partition coefficient (Wildman–Crippen LogP) is 2.07. The second-order valence-corrected chi connectivity index (χ2v) is 7.51. The molecular formula is C22H37NO8. The summed E-state index contributed by atoms with van der Waals surface area (Å²) < 4.78 is 37.4. The van der Waals surface area contributed by atoms with Gasteiger partial charge in [0.15, 0.2) is 0 Å². The van der Waals surface area contributed by atoms with Gasteiger partial charge in [0.25, 0.3) is 0 Å². The van der Waals surface area contributed by atoms with Crippen LogP contribution in [0.4, 0.5) is 5.69 Å². The van der Waals surface area contributed by atoms with Crippen LogP contribution in [-0.2, 0) is 33.2 Å². The number of carbonyl (C=O) groups is 1. The smallest absolute Gasteiger partial charge is 0.332 e. The summed E-state index contributed by atoms with van der Waals surface area (Å²) in [4.78, 5) is 11.4. The minimum atomic E-state index is -0.501. The highest BCUT2D eigenvalue weighted by atomic mass is 16.6. The van der Waals surface area contributed by atoms with Crippen LogP contribution in [-0.4, -0.2) is 84.2 Å². The second-order valence-electron chi connectivity index (χ2n) is 7.51. The molecule has 0 saturated carbocycles. The number of carbonyl (C=O) groups excluding carboxylic acids is 1. The van der Waals surface area contributed by atoms with Crippen molar-refractivity contribution in [2.75, 3.05) is 78.4 Å². The van der Waals surface area contributed by atoms with Crippen LogP contribution in [0.5, 0.6) is 5.75 Å². The van der Waals surface area contributed by atoms with Crippen molar-refractivity contribution in [3.8, 4) is 5.75 Å². The monoisotopic (exact) mass is 443 g/mol. The number of benzene rings is 1. The zero-order valence-electron chi connectivity index (χ0n) is 18.9. The molecule has 1 aromatic rings. The summed E-state index contributed by atoms with van der Waals surface area (Å²) >= 11 is 0. The summed E-state index contributed by atoms with van der Waals surface area (Å²) in [6.07, 6.45) is 0. The van der Waals surface area contributed by atoms with E-state index >= 15 is 0 Å². The molecule has 0 heterocycles. The van der Waals surface area contributed by atoms with Crippen molar-refractivity contribution in [3.05, 3.63) is 24.3 Å². The van der Waals surface area contributed by atoms with Crippen LogP contribution in [0.1, 0.15) is 20.8 Å². The van der Waals surface area contributed by atoms with Crippen LogP contribution in [0, 0.1) is 0 Å². The van der Waals surface area contributed by atoms with Gasteiger partial charge in [-0.2, -0.15) is 0 Å². The number of anilines is 1. The van der Waals surface area contributed by atoms with Crippen molar-refractivity contribution in [2.45, 2.75) is 26.4 Å². The van der Waals surface area contributed by atoms with E-state index in [0.29, 0.717) is 71.8 Å². The van der Waals surface area contributed by atoms with E-state index in [2.05, 4.69) is 0 Å². The number of esters is 1. The lowest BCUT2D eigenvalue weighted by Gasteiger charge is -2.19. The van der Waals surface area contributed by atoms with Gasteiger partial charge in [-0.05, 0) is 45.0 Å². The summed E-state index contributed by atoms with van der Waals surface area (Å²) in [6, 6.07) is 7.23. The van der Waals surface area contributed by atoms with Crippen molar-refractivity contribution in [1.82, 2.24) is 0 Å². The largest absolute Gasteiger partial charge is 0.491 e. The Labute approximate surface area is 185 Å². The predicted molar refractivity (Wildman–Crippen MR) is 116 cm³/mol. The van der Waals surface area contributed by atoms with Crippen LogP contribution in [0.25, 0.3) is 0 Å². The van der Waals surface area contributed by atoms with Gasteiger partial charge in [-0.3, -0.25) is 0 Å². The third-order valence-electron chi connectivity index (χ3n) is 3.50. The molecule has 178 valence electrons. The minimum Gasteiger partial charge on any atom is -0.491 e. The summed E-state index contributed by atoms with van der Waals surface area (Å²) in [5.41, 5.74) is 5.82. The minimum absolute atomic E-state index is 0.0756. The number of hydrogen-bond acceptors (Lipinski definition) is 9. The summed E-state index contributed by atoms with van der Waals surface area (Å²) in [5, 5.41) is 0. The van der Waals surface area contributed by atoms with Gasteiger partial charge in [0, 0.05) is 5.69 Å². The van der Waals surface area contributed by atoms with Crippen LogP contribution in [0.3, 0.4) is 0 Å². The average Bonchev–Trinajstić information content (AvgIpc) is 2.70. The normalized spacial score (nSPS) is 11.5. The van der Waals surface area contributed by atoms with Gasteiger partial charge in [0.2, 0.25) is 0 Å². The highest BCUT2D eigenvalue weighted by Crippen LogP contribution is 2.12. The second kappa shape index (κ2) is 16.7. The molecule has 0 radical (unpaired) electrons. The lowest BCUT2D eigenvalue weighted by atomic mass is 10.2. The Bertz CT molecular complexity index is 574. The molecule has 0 aliphatic carbocycles. The summed E-state index contributed by atoms with van der Waals surface area (Å²) in [5.74, 6) is 0.385. The number of nitrogens with two attached hydrogens (primary N) is 1. The molecule has 1 rings (SSSR count). The molecule has 0 bridgehead atoms. The fourth-order valence-electron chi connectivity index (χ4n) is 2.19. The van der Waals surface area contributed by atoms with Gasteiger partial charge >= 0.3 is 5.97 Å². The Morgan fingerprint density at radius 2 is 1.13 bits per heavy atom. The highest BCUT2D eigenvalue weighted by Gasteiger charge is 2.15. The van der Waals surface area contributed by atoms with E-state index in [1.54, 1.807) is 12.1 Å². The topological polar surface area (TPSA) is 108 Å². The first-order chi connectivity index (χ1) is 14.9. The van der Waals surface area contributed by atoms with Gasteiger partial charge < -0.3 is 38.9 Å². The molecule has 0 aliphatic rings. The van der Waals surface area contributed by atoms with Crippen molar-refractivity contribution in [3.63, 3.8) is 0 Å². The first kappa shape index (κ1) is 27.1. The first-order valence-corrected chi connectivity index (χ1v) is 10.5. The van der Waals surface area contributed by atoms with Crippen molar-refractivity contribution in [1.29, 1.82) is 0 Å². The maximum atomic E-state index is 11.4. The molecule has 9 heteroatoms. The van der Waals surface area contributed by atoms with Crippen LogP contribution < -0.4 is 10.5 Å². The van der Waals surface area contributed by atoms with Gasteiger partial charge in [0.1, 0.15) is 24.6 Å². The molecule has 0 fully saturated rings. The Balaban J connectivity index is 1.75. The average molecular weight is 444 g/mol. The molecule has 0 amide bonds. The number of hydrogen-bond donors (Lipinski definition) is 1. The quantitative estimate of drug-likeness (QED) is 0.207. The van der Waals surface area contributed by atoms with Crippen molar-refractivity contribution in [2.24, 2.45) is 0 Å². The Kier molecular flexibility index (Phi) is 14.6. The third kappa shape index (κ3) is 17.5. The molecule has 2 N–H and O–H groups in total. The molecule has 31 heavy (non-hydrogen) atoms. The number of ether oxygens (including phenoxy) is 7. The molecule has 9 nitrogen and oxygen atoms in total. The standard InChI is InChI=1S/C22H37NO8/c1-22(2,3)31-21(24)18-29-15-14-27-11-10-25-8-9-26-12-13-28-16-17-30-20-6-4-19(23)5-7-20/h4-7H,8-18,23H2,1-3H3. The van der Waals surface area contributed by atoms with Crippen LogP contribution >= 0.6 is 0 Å². The van der Waals surface area contributed by atoms with Crippen molar-refractivity contribution < 1.29 is 38.0 Å². The third-order valence-corrected chi connectivity index (χ3v) is 3.50. The van der Waals surface area contributed by atoms with E-state index in [1.165, 1.54) is 0 Å². The number of rotatable bonds is 18. The lowest BCUT2D eigenvalue weighted by Crippen LogP contribution is -2.27. The molecule has 0 atom stereocenters. The van der Waals surface area contributed by atoms with Gasteiger partial charge in [-0.25, -0.2) is 4.79 Å². The molecule has 0 aromatic heterocycles. The molecular weight excluding hydrogens is 406 g/mol. The fourth-order valence-corrected chi connectivity index (χ4v) is 2.19. The fraction of sp³-hybridized carbons (Fsp3) is 0.682. The highest BCUT2D eigenvalue weighted by molar-refractivity contribution is 5.71. The zero-order valence-corrected chi connectivity index (χ0v) is 18.9. The van der Waals surface area contributed by atoms with E-state index in [0.717, 1.165) is 5.75 Å². The zero-order chi connectivity index (χ0) is 22.8. The molecule has 0 aliphatic heterocycles. The SMILES string of the molecule is CC(C)(C)OC(=O)COCCOCCOCCOCCOCCOc1ccc(N)cc1. The number of nitrogen functional groups attached to an aromatic ring is 1.